The number of benzene rings is 2. The number of amides is 1. The lowest BCUT2D eigenvalue weighted by atomic mass is 10.1. The van der Waals surface area contributed by atoms with E-state index in [1.165, 1.54) is 6.92 Å². The normalized spacial score (nSPS) is 10.4. The number of pyridine rings is 1. The van der Waals surface area contributed by atoms with Gasteiger partial charge in [-0.2, -0.15) is 0 Å². The Bertz CT molecular complexity index is 935. The number of fused-ring (bicyclic) bond motifs is 1. The summed E-state index contributed by atoms with van der Waals surface area (Å²) in [4.78, 5) is 28.2. The third-order valence-corrected chi connectivity index (χ3v) is 3.66. The number of ether oxygens (including phenoxy) is 1. The maximum atomic E-state index is 12.4. The van der Waals surface area contributed by atoms with Gasteiger partial charge in [0.25, 0.3) is 5.91 Å². The number of nitrogens with zero attached hydrogens (tertiary/aromatic N) is 1. The van der Waals surface area contributed by atoms with E-state index in [2.05, 4.69) is 10.3 Å². The molecule has 1 N–H and O–H groups in total. The van der Waals surface area contributed by atoms with E-state index in [-0.39, 0.29) is 11.7 Å². The Morgan fingerprint density at radius 2 is 1.88 bits per heavy atom. The zero-order valence-electron chi connectivity index (χ0n) is 13.4. The van der Waals surface area contributed by atoms with Crippen molar-refractivity contribution in [1.82, 2.24) is 4.98 Å². The van der Waals surface area contributed by atoms with Crippen molar-refractivity contribution < 1.29 is 14.3 Å². The average Bonchev–Trinajstić information content (AvgIpc) is 2.61. The van der Waals surface area contributed by atoms with Gasteiger partial charge in [0.15, 0.2) is 5.78 Å². The fraction of sp³-hybridized carbons (Fsp3) is 0.105. The van der Waals surface area contributed by atoms with Crippen LogP contribution in [-0.2, 0) is 0 Å². The summed E-state index contributed by atoms with van der Waals surface area (Å²) in [7, 11) is 1.60. The quantitative estimate of drug-likeness (QED) is 0.744. The number of aromatic nitrogens is 1. The molecule has 24 heavy (non-hydrogen) atoms. The number of Topliss-reactive ketones (excluding diaryl/α,β-unsaturated/α-hetero) is 1. The predicted octanol–water partition coefficient (Wildman–Crippen LogP) is 3.70. The maximum absolute atomic E-state index is 12.4. The molecular formula is C19H16N2O3. The second-order valence-electron chi connectivity index (χ2n) is 5.35. The largest absolute Gasteiger partial charge is 0.497 e. The van der Waals surface area contributed by atoms with Crippen LogP contribution in [0.4, 0.5) is 5.69 Å². The molecule has 1 aromatic heterocycles. The first kappa shape index (κ1) is 15.7. The third-order valence-electron chi connectivity index (χ3n) is 3.66. The molecule has 0 aliphatic carbocycles. The van der Waals surface area contributed by atoms with Crippen molar-refractivity contribution >= 4 is 28.3 Å². The Labute approximate surface area is 139 Å². The minimum Gasteiger partial charge on any atom is -0.497 e. The molecule has 0 atom stereocenters. The highest BCUT2D eigenvalue weighted by molar-refractivity contribution is 6.05. The van der Waals surface area contributed by atoms with Crippen molar-refractivity contribution in [3.05, 3.63) is 65.9 Å². The standard InChI is InChI=1S/C19H16N2O3/c1-12(22)13-4-3-5-15(10-13)20-19(23)18-8-6-14-11-16(24-2)7-9-17(14)21-18/h3-11H,1-2H3,(H,20,23). The molecule has 0 spiro atoms. The molecule has 3 rings (SSSR count). The van der Waals surface area contributed by atoms with Gasteiger partial charge in [-0.05, 0) is 43.3 Å². The van der Waals surface area contributed by atoms with Gasteiger partial charge < -0.3 is 10.1 Å². The average molecular weight is 320 g/mol. The van der Waals surface area contributed by atoms with Gasteiger partial charge in [-0.15, -0.1) is 0 Å². The zero-order valence-corrected chi connectivity index (χ0v) is 13.4. The number of hydrogen-bond acceptors (Lipinski definition) is 4. The monoisotopic (exact) mass is 320 g/mol. The summed E-state index contributed by atoms with van der Waals surface area (Å²) in [6.07, 6.45) is 0. The molecule has 0 bridgehead atoms. The smallest absolute Gasteiger partial charge is 0.274 e. The molecule has 5 nitrogen and oxygen atoms in total. The summed E-state index contributed by atoms with van der Waals surface area (Å²) in [5.74, 6) is 0.361. The number of carbonyl (C=O) groups is 2. The predicted molar refractivity (Wildman–Crippen MR) is 92.7 cm³/mol. The van der Waals surface area contributed by atoms with Crippen LogP contribution in [0.15, 0.2) is 54.6 Å². The summed E-state index contributed by atoms with van der Waals surface area (Å²) in [5.41, 5.74) is 2.12. The summed E-state index contributed by atoms with van der Waals surface area (Å²) in [6.45, 7) is 1.49. The molecule has 0 aliphatic heterocycles. The maximum Gasteiger partial charge on any atom is 0.274 e. The van der Waals surface area contributed by atoms with Crippen molar-refractivity contribution in [2.75, 3.05) is 12.4 Å². The van der Waals surface area contributed by atoms with E-state index in [4.69, 9.17) is 4.74 Å². The zero-order chi connectivity index (χ0) is 17.1. The molecular weight excluding hydrogens is 304 g/mol. The van der Waals surface area contributed by atoms with Crippen molar-refractivity contribution in [2.24, 2.45) is 0 Å². The molecule has 120 valence electrons. The molecule has 2 aromatic carbocycles. The van der Waals surface area contributed by atoms with E-state index in [0.717, 1.165) is 11.1 Å². The number of hydrogen-bond donors (Lipinski definition) is 1. The van der Waals surface area contributed by atoms with E-state index in [0.29, 0.717) is 22.5 Å². The van der Waals surface area contributed by atoms with Crippen LogP contribution in [0.1, 0.15) is 27.8 Å². The van der Waals surface area contributed by atoms with Gasteiger partial charge in [0, 0.05) is 16.6 Å². The van der Waals surface area contributed by atoms with Crippen molar-refractivity contribution in [3.8, 4) is 5.75 Å². The molecule has 0 saturated carbocycles. The topological polar surface area (TPSA) is 68.3 Å². The number of carbonyl (C=O) groups excluding carboxylic acids is 2. The second kappa shape index (κ2) is 6.50. The molecule has 0 unspecified atom stereocenters. The molecule has 0 saturated heterocycles. The Morgan fingerprint density at radius 3 is 2.62 bits per heavy atom. The highest BCUT2D eigenvalue weighted by Crippen LogP contribution is 2.20. The third kappa shape index (κ3) is 3.25. The Balaban J connectivity index is 1.86. The molecule has 0 aliphatic rings. The highest BCUT2D eigenvalue weighted by atomic mass is 16.5. The molecule has 3 aromatic rings. The van der Waals surface area contributed by atoms with E-state index in [1.807, 2.05) is 12.1 Å². The number of methoxy groups -OCH3 is 1. The minimum atomic E-state index is -0.326. The minimum absolute atomic E-state index is 0.0520. The molecule has 5 heteroatoms. The number of anilines is 1. The second-order valence-corrected chi connectivity index (χ2v) is 5.35. The van der Waals surface area contributed by atoms with Crippen LogP contribution in [0.25, 0.3) is 10.9 Å². The summed E-state index contributed by atoms with van der Waals surface area (Å²) < 4.78 is 5.17. The SMILES string of the molecule is COc1ccc2nc(C(=O)Nc3cccc(C(C)=O)c3)ccc2c1. The first-order valence-corrected chi connectivity index (χ1v) is 7.44. The highest BCUT2D eigenvalue weighted by Gasteiger charge is 2.10. The van der Waals surface area contributed by atoms with E-state index >= 15 is 0 Å². The van der Waals surface area contributed by atoms with Gasteiger partial charge in [-0.3, -0.25) is 9.59 Å². The van der Waals surface area contributed by atoms with Crippen LogP contribution in [0, 0.1) is 0 Å². The summed E-state index contributed by atoms with van der Waals surface area (Å²) in [5, 5.41) is 3.66. The van der Waals surface area contributed by atoms with Crippen LogP contribution >= 0.6 is 0 Å². The van der Waals surface area contributed by atoms with Crippen molar-refractivity contribution in [1.29, 1.82) is 0 Å². The first-order chi connectivity index (χ1) is 11.6. The van der Waals surface area contributed by atoms with Gasteiger partial charge >= 0.3 is 0 Å². The first-order valence-electron chi connectivity index (χ1n) is 7.44. The Hall–Kier alpha value is -3.21. The molecule has 0 fully saturated rings. The van der Waals surface area contributed by atoms with Crippen LogP contribution in [0.2, 0.25) is 0 Å². The number of ketones is 1. The van der Waals surface area contributed by atoms with Crippen molar-refractivity contribution in [3.63, 3.8) is 0 Å². The number of rotatable bonds is 4. The fourth-order valence-electron chi connectivity index (χ4n) is 2.37. The Morgan fingerprint density at radius 1 is 1.04 bits per heavy atom. The van der Waals surface area contributed by atoms with Gasteiger partial charge in [0.05, 0.1) is 12.6 Å². The molecule has 1 heterocycles. The van der Waals surface area contributed by atoms with E-state index in [1.54, 1.807) is 49.6 Å². The van der Waals surface area contributed by atoms with E-state index in [9.17, 15) is 9.59 Å². The van der Waals surface area contributed by atoms with Crippen LogP contribution in [-0.4, -0.2) is 23.8 Å². The lowest BCUT2D eigenvalue weighted by Gasteiger charge is -2.07. The summed E-state index contributed by atoms with van der Waals surface area (Å²) in [6, 6.07) is 15.8. The molecule has 1 amide bonds. The van der Waals surface area contributed by atoms with Crippen LogP contribution < -0.4 is 10.1 Å². The van der Waals surface area contributed by atoms with E-state index < -0.39 is 0 Å². The fourth-order valence-corrected chi connectivity index (χ4v) is 2.37. The van der Waals surface area contributed by atoms with Crippen molar-refractivity contribution in [2.45, 2.75) is 6.92 Å². The summed E-state index contributed by atoms with van der Waals surface area (Å²) >= 11 is 0. The lowest BCUT2D eigenvalue weighted by Crippen LogP contribution is -2.14. The van der Waals surface area contributed by atoms with Gasteiger partial charge in [-0.25, -0.2) is 4.98 Å². The number of nitrogens with one attached hydrogen (secondary N) is 1. The van der Waals surface area contributed by atoms with Gasteiger partial charge in [0.2, 0.25) is 0 Å². The van der Waals surface area contributed by atoms with Gasteiger partial charge in [0.1, 0.15) is 11.4 Å². The molecule has 0 radical (unpaired) electrons. The Kier molecular flexibility index (Phi) is 4.24. The van der Waals surface area contributed by atoms with Crippen LogP contribution in [0.3, 0.4) is 0 Å². The van der Waals surface area contributed by atoms with Crippen LogP contribution in [0.5, 0.6) is 5.75 Å². The lowest BCUT2D eigenvalue weighted by molar-refractivity contribution is 0.100. The van der Waals surface area contributed by atoms with Gasteiger partial charge in [-0.1, -0.05) is 18.2 Å².